The number of hydrogen-bond acceptors (Lipinski definition) is 4. The van der Waals surface area contributed by atoms with Gasteiger partial charge in [-0.1, -0.05) is 39.8 Å². The third kappa shape index (κ3) is 9.53. The van der Waals surface area contributed by atoms with Crippen molar-refractivity contribution in [1.29, 1.82) is 0 Å². The number of methoxy groups -OCH3 is 1. The Morgan fingerprint density at radius 3 is 2.29 bits per heavy atom. The molecule has 24 heavy (non-hydrogen) atoms. The number of carboxylic acid groups (broad SMARTS) is 1. The summed E-state index contributed by atoms with van der Waals surface area (Å²) in [6.07, 6.45) is 0.579. The van der Waals surface area contributed by atoms with Crippen LogP contribution in [0, 0.1) is 5.41 Å². The van der Waals surface area contributed by atoms with Crippen LogP contribution in [0.1, 0.15) is 39.7 Å². The van der Waals surface area contributed by atoms with Crippen LogP contribution in [0.2, 0.25) is 0 Å². The maximum absolute atomic E-state index is 9.91. The quantitative estimate of drug-likeness (QED) is 0.803. The van der Waals surface area contributed by atoms with Crippen molar-refractivity contribution in [2.75, 3.05) is 27.7 Å². The van der Waals surface area contributed by atoms with Crippen molar-refractivity contribution in [3.8, 4) is 5.75 Å². The Hall–Kier alpha value is -1.59. The molecule has 1 aromatic rings. The fourth-order valence-corrected chi connectivity index (χ4v) is 2.03. The van der Waals surface area contributed by atoms with E-state index in [4.69, 9.17) is 4.74 Å². The molecule has 1 rings (SSSR count). The summed E-state index contributed by atoms with van der Waals surface area (Å²) in [4.78, 5) is 9.91. The lowest BCUT2D eigenvalue weighted by Gasteiger charge is -2.31. The van der Waals surface area contributed by atoms with Crippen LogP contribution in [0.4, 0.5) is 0 Å². The van der Waals surface area contributed by atoms with E-state index < -0.39 is 11.4 Å². The molecule has 5 heteroatoms. The number of hydrogen-bond donors (Lipinski definition) is 1. The number of aliphatic hydroxyl groups excluding tert-OH is 1. The zero-order valence-electron chi connectivity index (χ0n) is 16.1. The van der Waals surface area contributed by atoms with E-state index in [1.54, 1.807) is 27.9 Å². The van der Waals surface area contributed by atoms with Gasteiger partial charge in [-0.25, -0.2) is 0 Å². The number of carbonyl (C=O) groups excluding carboxylic acids is 1. The van der Waals surface area contributed by atoms with E-state index in [0.29, 0.717) is 0 Å². The number of ether oxygens (including phenoxy) is 1. The highest BCUT2D eigenvalue weighted by atomic mass is 16.5. The smallest absolute Gasteiger partial charge is 0.119 e. The molecule has 0 fully saturated rings. The second-order valence-corrected chi connectivity index (χ2v) is 7.73. The summed E-state index contributed by atoms with van der Waals surface area (Å²) >= 11 is 0. The fourth-order valence-electron chi connectivity index (χ4n) is 2.03. The van der Waals surface area contributed by atoms with E-state index in [-0.39, 0.29) is 6.10 Å². The summed E-state index contributed by atoms with van der Waals surface area (Å²) in [5, 5.41) is 19.6. The highest BCUT2D eigenvalue weighted by Crippen LogP contribution is 2.17. The Bertz CT molecular complexity index is 506. The first-order valence-corrected chi connectivity index (χ1v) is 8.25. The highest BCUT2D eigenvalue weighted by molar-refractivity contribution is 5.70. The van der Waals surface area contributed by atoms with Crippen molar-refractivity contribution in [3.63, 3.8) is 0 Å². The molecule has 0 amide bonds. The Balaban J connectivity index is 0.000000640. The Morgan fingerprint density at radius 1 is 1.33 bits per heavy atom. The first kappa shape index (κ1) is 22.4. The van der Waals surface area contributed by atoms with Crippen LogP contribution in [0.3, 0.4) is 0 Å². The molecule has 0 radical (unpaired) electrons. The Kier molecular flexibility index (Phi) is 9.01. The molecule has 0 aromatic heterocycles. The topological polar surface area (TPSA) is 69.6 Å². The first-order valence-electron chi connectivity index (χ1n) is 8.25. The van der Waals surface area contributed by atoms with Gasteiger partial charge in [0.05, 0.1) is 21.2 Å². The molecule has 0 saturated heterocycles. The molecule has 1 atom stereocenters. The monoisotopic (exact) mass is 339 g/mol. The molecule has 0 aliphatic carbocycles. The summed E-state index contributed by atoms with van der Waals surface area (Å²) < 4.78 is 6.00. The second kappa shape index (κ2) is 9.64. The second-order valence-electron chi connectivity index (χ2n) is 7.73. The van der Waals surface area contributed by atoms with Crippen molar-refractivity contribution in [2.24, 2.45) is 5.41 Å². The van der Waals surface area contributed by atoms with Crippen LogP contribution in [-0.2, 0) is 11.3 Å². The Morgan fingerprint density at radius 2 is 1.88 bits per heavy atom. The van der Waals surface area contributed by atoms with Gasteiger partial charge in [0.15, 0.2) is 0 Å². The summed E-state index contributed by atoms with van der Waals surface area (Å²) in [6, 6.07) is 8.11. The number of carboxylic acids is 1. The number of aliphatic carboxylic acids is 1. The average Bonchev–Trinajstić information content (AvgIpc) is 2.45. The van der Waals surface area contributed by atoms with Crippen LogP contribution in [0.25, 0.3) is 0 Å². The minimum Gasteiger partial charge on any atom is -0.550 e. The van der Waals surface area contributed by atoms with E-state index in [0.717, 1.165) is 29.7 Å². The molecule has 1 N–H and O–H groups in total. The summed E-state index contributed by atoms with van der Waals surface area (Å²) in [6.45, 7) is 8.48. The third-order valence-electron chi connectivity index (χ3n) is 3.53. The zero-order chi connectivity index (χ0) is 19.0. The van der Waals surface area contributed by atoms with Gasteiger partial charge < -0.3 is 24.2 Å². The average molecular weight is 339 g/mol. The van der Waals surface area contributed by atoms with Crippen molar-refractivity contribution in [1.82, 2.24) is 0 Å². The number of carbonyl (C=O) groups is 1. The predicted octanol–water partition coefficient (Wildman–Crippen LogP) is 1.82. The molecule has 0 heterocycles. The van der Waals surface area contributed by atoms with Crippen LogP contribution in [0.5, 0.6) is 5.75 Å². The van der Waals surface area contributed by atoms with E-state index in [1.165, 1.54) is 5.56 Å². The number of aliphatic hydroxyl groups is 1. The summed E-state index contributed by atoms with van der Waals surface area (Å²) in [7, 11) is 5.96. The largest absolute Gasteiger partial charge is 0.550 e. The van der Waals surface area contributed by atoms with Crippen molar-refractivity contribution >= 4 is 5.97 Å². The molecule has 1 unspecified atom stereocenters. The molecular formula is C19H33NO4. The summed E-state index contributed by atoms with van der Waals surface area (Å²) in [5.41, 5.74) is 0.539. The summed E-state index contributed by atoms with van der Waals surface area (Å²) in [5.74, 6) is -0.119. The molecule has 5 nitrogen and oxygen atoms in total. The standard InChI is InChI=1S/C14H24NO2.C5H10O2/c1-5-13(16)11-15(2,3)10-12-7-6-8-14(9-12)17-4;1-5(2,3)4(6)7/h6-9,13,16H,5,10-11H2,1-4H3;1-3H3,(H,6,7)/q+1;/p-1. The number of rotatable bonds is 6. The van der Waals surface area contributed by atoms with Crippen LogP contribution >= 0.6 is 0 Å². The van der Waals surface area contributed by atoms with Gasteiger partial charge >= 0.3 is 0 Å². The van der Waals surface area contributed by atoms with Crippen LogP contribution < -0.4 is 9.84 Å². The minimum atomic E-state index is -1.01. The van der Waals surface area contributed by atoms with E-state index in [2.05, 4.69) is 26.2 Å². The molecular weight excluding hydrogens is 306 g/mol. The first-order chi connectivity index (χ1) is 10.9. The number of benzene rings is 1. The van der Waals surface area contributed by atoms with Gasteiger partial charge in [-0.3, -0.25) is 0 Å². The van der Waals surface area contributed by atoms with Gasteiger partial charge in [-0.15, -0.1) is 0 Å². The molecule has 138 valence electrons. The van der Waals surface area contributed by atoms with Gasteiger partial charge in [0.1, 0.15) is 24.9 Å². The van der Waals surface area contributed by atoms with Crippen molar-refractivity contribution in [2.45, 2.75) is 46.8 Å². The fraction of sp³-hybridized carbons (Fsp3) is 0.632. The van der Waals surface area contributed by atoms with Crippen molar-refractivity contribution < 1.29 is 24.2 Å². The molecule has 1 aromatic carbocycles. The number of likely N-dealkylation sites (N-methyl/N-ethyl adjacent to an activating group) is 1. The van der Waals surface area contributed by atoms with E-state index in [9.17, 15) is 15.0 Å². The Labute approximate surface area is 146 Å². The molecule has 0 aliphatic rings. The number of nitrogens with zero attached hydrogens (tertiary/aromatic N) is 1. The van der Waals surface area contributed by atoms with Gasteiger partial charge in [-0.05, 0) is 18.6 Å². The van der Waals surface area contributed by atoms with Gasteiger partial charge in [0, 0.05) is 16.9 Å². The lowest BCUT2D eigenvalue weighted by atomic mass is 9.98. The SMILES string of the molecule is CC(C)(C)C(=O)[O-].CCC(O)C[N+](C)(C)Cc1cccc(OC)c1. The third-order valence-corrected chi connectivity index (χ3v) is 3.53. The maximum Gasteiger partial charge on any atom is 0.119 e. The predicted molar refractivity (Wildman–Crippen MR) is 94.4 cm³/mol. The molecule has 0 saturated carbocycles. The van der Waals surface area contributed by atoms with Crippen LogP contribution in [0.15, 0.2) is 24.3 Å². The molecule has 0 spiro atoms. The molecule has 0 aliphatic heterocycles. The van der Waals surface area contributed by atoms with Crippen molar-refractivity contribution in [3.05, 3.63) is 29.8 Å². The zero-order valence-corrected chi connectivity index (χ0v) is 16.1. The minimum absolute atomic E-state index is 0.226. The van der Waals surface area contributed by atoms with E-state index in [1.807, 2.05) is 19.1 Å². The normalized spacial score (nSPS) is 12.8. The lowest BCUT2D eigenvalue weighted by Crippen LogP contribution is -2.44. The van der Waals surface area contributed by atoms with Gasteiger partial charge in [0.2, 0.25) is 0 Å². The van der Waals surface area contributed by atoms with Gasteiger partial charge in [0.25, 0.3) is 0 Å². The highest BCUT2D eigenvalue weighted by Gasteiger charge is 2.20. The maximum atomic E-state index is 9.91. The van der Waals surface area contributed by atoms with E-state index >= 15 is 0 Å². The van der Waals surface area contributed by atoms with Crippen LogP contribution in [-0.4, -0.2) is 49.4 Å². The van der Waals surface area contributed by atoms with Gasteiger partial charge in [-0.2, -0.15) is 0 Å². The number of quaternary nitrogens is 1. The molecule has 0 bridgehead atoms. The lowest BCUT2D eigenvalue weighted by molar-refractivity contribution is -0.906.